The summed E-state index contributed by atoms with van der Waals surface area (Å²) < 4.78 is 14.5. The number of nitrogens with two attached hydrogens (primary N) is 1. The first-order chi connectivity index (χ1) is 10.8. The van der Waals surface area contributed by atoms with Gasteiger partial charge in [0.2, 0.25) is 5.91 Å². The summed E-state index contributed by atoms with van der Waals surface area (Å²) in [4.78, 5) is 14.4. The molecule has 6 heteroatoms. The standard InChI is InChI=1S/C17H23FN4O/c1-12(2)9-21(10-14-4-6-15(18)7-5-14)17(23)11-22-16(19)8-13(3)20-22/h4-8,12H,9-11,19H2,1-3H3. The number of aromatic nitrogens is 2. The minimum absolute atomic E-state index is 0.0576. The molecule has 5 nitrogen and oxygen atoms in total. The summed E-state index contributed by atoms with van der Waals surface area (Å²) in [6, 6.07) is 7.94. The number of amides is 1. The zero-order chi connectivity index (χ0) is 17.0. The number of halogens is 1. The van der Waals surface area contributed by atoms with Crippen LogP contribution in [0.3, 0.4) is 0 Å². The van der Waals surface area contributed by atoms with Crippen molar-refractivity contribution < 1.29 is 9.18 Å². The number of anilines is 1. The van der Waals surface area contributed by atoms with Gasteiger partial charge in [0.25, 0.3) is 0 Å². The lowest BCUT2D eigenvalue weighted by atomic mass is 10.1. The Labute approximate surface area is 135 Å². The molecular formula is C17H23FN4O. The van der Waals surface area contributed by atoms with Crippen molar-refractivity contribution in [3.63, 3.8) is 0 Å². The van der Waals surface area contributed by atoms with E-state index in [0.717, 1.165) is 11.3 Å². The van der Waals surface area contributed by atoms with E-state index < -0.39 is 0 Å². The first kappa shape index (κ1) is 17.0. The Kier molecular flexibility index (Phi) is 5.36. The molecule has 0 aliphatic heterocycles. The van der Waals surface area contributed by atoms with Gasteiger partial charge < -0.3 is 10.6 Å². The Morgan fingerprint density at radius 1 is 1.35 bits per heavy atom. The fourth-order valence-electron chi connectivity index (χ4n) is 2.43. The Bertz CT molecular complexity index is 664. The average molecular weight is 318 g/mol. The monoisotopic (exact) mass is 318 g/mol. The van der Waals surface area contributed by atoms with Crippen LogP contribution < -0.4 is 5.73 Å². The number of nitrogen functional groups attached to an aromatic ring is 1. The van der Waals surface area contributed by atoms with Gasteiger partial charge in [-0.15, -0.1) is 0 Å². The van der Waals surface area contributed by atoms with Crippen LogP contribution in [0.4, 0.5) is 10.2 Å². The second-order valence-electron chi connectivity index (χ2n) is 6.16. The van der Waals surface area contributed by atoms with Crippen LogP contribution in [-0.2, 0) is 17.9 Å². The first-order valence-corrected chi connectivity index (χ1v) is 7.67. The molecule has 1 aromatic heterocycles. The third kappa shape index (κ3) is 4.81. The molecule has 2 aromatic rings. The summed E-state index contributed by atoms with van der Waals surface area (Å²) in [6.07, 6.45) is 0. The number of carbonyl (C=O) groups excluding carboxylic acids is 1. The lowest BCUT2D eigenvalue weighted by Crippen LogP contribution is -2.36. The average Bonchev–Trinajstić information content (AvgIpc) is 2.78. The molecule has 0 atom stereocenters. The Morgan fingerprint density at radius 2 is 2.00 bits per heavy atom. The summed E-state index contributed by atoms with van der Waals surface area (Å²) in [5, 5.41) is 4.22. The summed E-state index contributed by atoms with van der Waals surface area (Å²) >= 11 is 0. The van der Waals surface area contributed by atoms with E-state index in [1.807, 2.05) is 6.92 Å². The predicted molar refractivity (Wildman–Crippen MR) is 88.0 cm³/mol. The van der Waals surface area contributed by atoms with Crippen molar-refractivity contribution in [1.82, 2.24) is 14.7 Å². The van der Waals surface area contributed by atoms with Crippen LogP contribution in [0.1, 0.15) is 25.1 Å². The van der Waals surface area contributed by atoms with Crippen LogP contribution >= 0.6 is 0 Å². The van der Waals surface area contributed by atoms with E-state index in [1.165, 1.54) is 16.8 Å². The molecule has 1 amide bonds. The molecular weight excluding hydrogens is 295 g/mol. The Hall–Kier alpha value is -2.37. The maximum Gasteiger partial charge on any atom is 0.244 e. The van der Waals surface area contributed by atoms with E-state index in [9.17, 15) is 9.18 Å². The number of carbonyl (C=O) groups is 1. The largest absolute Gasteiger partial charge is 0.384 e. The van der Waals surface area contributed by atoms with Crippen molar-refractivity contribution in [3.05, 3.63) is 47.4 Å². The van der Waals surface area contributed by atoms with Gasteiger partial charge in [-0.3, -0.25) is 4.79 Å². The van der Waals surface area contributed by atoms with E-state index in [0.29, 0.717) is 24.8 Å². The number of benzene rings is 1. The number of hydrogen-bond acceptors (Lipinski definition) is 3. The highest BCUT2D eigenvalue weighted by atomic mass is 19.1. The van der Waals surface area contributed by atoms with Crippen LogP contribution in [0.5, 0.6) is 0 Å². The first-order valence-electron chi connectivity index (χ1n) is 7.67. The minimum Gasteiger partial charge on any atom is -0.384 e. The maximum atomic E-state index is 13.0. The highest BCUT2D eigenvalue weighted by Crippen LogP contribution is 2.11. The minimum atomic E-state index is -0.282. The molecule has 0 unspecified atom stereocenters. The van der Waals surface area contributed by atoms with Gasteiger partial charge >= 0.3 is 0 Å². The lowest BCUT2D eigenvalue weighted by molar-refractivity contribution is -0.133. The third-order valence-corrected chi connectivity index (χ3v) is 3.44. The van der Waals surface area contributed by atoms with Gasteiger partial charge in [-0.25, -0.2) is 9.07 Å². The third-order valence-electron chi connectivity index (χ3n) is 3.44. The summed E-state index contributed by atoms with van der Waals surface area (Å²) in [6.45, 7) is 7.11. The molecule has 0 spiro atoms. The van der Waals surface area contributed by atoms with E-state index in [-0.39, 0.29) is 18.3 Å². The summed E-state index contributed by atoms with van der Waals surface area (Å²) in [5.41, 5.74) is 7.52. The fourth-order valence-corrected chi connectivity index (χ4v) is 2.43. The van der Waals surface area contributed by atoms with E-state index in [2.05, 4.69) is 18.9 Å². The van der Waals surface area contributed by atoms with Gasteiger partial charge in [0.15, 0.2) is 0 Å². The number of hydrogen-bond donors (Lipinski definition) is 1. The topological polar surface area (TPSA) is 64.2 Å². The molecule has 0 saturated carbocycles. The quantitative estimate of drug-likeness (QED) is 0.890. The zero-order valence-electron chi connectivity index (χ0n) is 13.8. The van der Waals surface area contributed by atoms with Gasteiger partial charge in [0.05, 0.1) is 5.69 Å². The molecule has 23 heavy (non-hydrogen) atoms. The van der Waals surface area contributed by atoms with Gasteiger partial charge in [-0.2, -0.15) is 5.10 Å². The van der Waals surface area contributed by atoms with Crippen molar-refractivity contribution in [2.45, 2.75) is 33.9 Å². The van der Waals surface area contributed by atoms with Crippen molar-refractivity contribution in [2.24, 2.45) is 5.92 Å². The molecule has 1 aromatic carbocycles. The molecule has 0 saturated heterocycles. The van der Waals surface area contributed by atoms with Crippen LogP contribution in [0, 0.1) is 18.7 Å². The van der Waals surface area contributed by atoms with Crippen LogP contribution in [-0.4, -0.2) is 27.1 Å². The highest BCUT2D eigenvalue weighted by Gasteiger charge is 2.17. The molecule has 0 aliphatic rings. The van der Waals surface area contributed by atoms with E-state index in [4.69, 9.17) is 5.73 Å². The smallest absolute Gasteiger partial charge is 0.244 e. The van der Waals surface area contributed by atoms with Gasteiger partial charge in [0.1, 0.15) is 18.2 Å². The van der Waals surface area contributed by atoms with E-state index in [1.54, 1.807) is 23.1 Å². The number of aryl methyl sites for hydroxylation is 1. The van der Waals surface area contributed by atoms with E-state index >= 15 is 0 Å². The van der Waals surface area contributed by atoms with Gasteiger partial charge in [-0.1, -0.05) is 26.0 Å². The summed E-state index contributed by atoms with van der Waals surface area (Å²) in [5.74, 6) is 0.464. The highest BCUT2D eigenvalue weighted by molar-refractivity contribution is 5.76. The molecule has 1 heterocycles. The number of nitrogens with zero attached hydrogens (tertiary/aromatic N) is 3. The van der Waals surface area contributed by atoms with Crippen LogP contribution in [0.25, 0.3) is 0 Å². The van der Waals surface area contributed by atoms with Crippen molar-refractivity contribution >= 4 is 11.7 Å². The normalized spacial score (nSPS) is 11.0. The van der Waals surface area contributed by atoms with Crippen LogP contribution in [0.15, 0.2) is 30.3 Å². The lowest BCUT2D eigenvalue weighted by Gasteiger charge is -2.25. The van der Waals surface area contributed by atoms with Crippen molar-refractivity contribution in [3.8, 4) is 0 Å². The molecule has 0 bridgehead atoms. The second-order valence-corrected chi connectivity index (χ2v) is 6.16. The molecule has 0 radical (unpaired) electrons. The second kappa shape index (κ2) is 7.26. The van der Waals surface area contributed by atoms with Crippen molar-refractivity contribution in [1.29, 1.82) is 0 Å². The Balaban J connectivity index is 2.11. The SMILES string of the molecule is Cc1cc(N)n(CC(=O)N(Cc2ccc(F)cc2)CC(C)C)n1. The Morgan fingerprint density at radius 3 is 2.52 bits per heavy atom. The summed E-state index contributed by atoms with van der Waals surface area (Å²) in [7, 11) is 0. The van der Waals surface area contributed by atoms with Crippen molar-refractivity contribution in [2.75, 3.05) is 12.3 Å². The molecule has 2 rings (SSSR count). The molecule has 0 aliphatic carbocycles. The number of rotatable bonds is 6. The predicted octanol–water partition coefficient (Wildman–Crippen LogP) is 2.60. The van der Waals surface area contributed by atoms with Gasteiger partial charge in [-0.05, 0) is 30.5 Å². The molecule has 0 fully saturated rings. The van der Waals surface area contributed by atoms with Crippen LogP contribution in [0.2, 0.25) is 0 Å². The fraction of sp³-hybridized carbons (Fsp3) is 0.412. The molecule has 2 N–H and O–H groups in total. The maximum absolute atomic E-state index is 13.0. The molecule has 124 valence electrons. The zero-order valence-corrected chi connectivity index (χ0v) is 13.8. The van der Waals surface area contributed by atoms with Gasteiger partial charge in [0, 0.05) is 19.2 Å².